The van der Waals surface area contributed by atoms with Crippen LogP contribution in [0.4, 0.5) is 0 Å². The van der Waals surface area contributed by atoms with Crippen LogP contribution in [0.2, 0.25) is 0 Å². The maximum absolute atomic E-state index is 12.7. The molecule has 8 nitrogen and oxygen atoms in total. The number of carbonyl (C=O) groups is 2. The Kier molecular flexibility index (Phi) is 7.23. The summed E-state index contributed by atoms with van der Waals surface area (Å²) < 4.78 is 13.1. The van der Waals surface area contributed by atoms with Gasteiger partial charge in [-0.25, -0.2) is 0 Å². The van der Waals surface area contributed by atoms with Crippen molar-refractivity contribution in [1.82, 2.24) is 14.8 Å². The van der Waals surface area contributed by atoms with Crippen molar-refractivity contribution in [2.75, 3.05) is 19.5 Å². The number of benzene rings is 1. The summed E-state index contributed by atoms with van der Waals surface area (Å²) in [6.45, 7) is 1.39. The van der Waals surface area contributed by atoms with Crippen LogP contribution in [0.25, 0.3) is 11.4 Å². The molecule has 168 valence electrons. The second-order valence-corrected chi connectivity index (χ2v) is 9.51. The van der Waals surface area contributed by atoms with Gasteiger partial charge in [0.05, 0.1) is 36.8 Å². The Balaban J connectivity index is 1.51. The molecule has 2 aromatic heterocycles. The van der Waals surface area contributed by atoms with E-state index in [0.29, 0.717) is 16.6 Å². The highest BCUT2D eigenvalue weighted by Crippen LogP contribution is 2.29. The van der Waals surface area contributed by atoms with Crippen LogP contribution >= 0.6 is 23.1 Å². The van der Waals surface area contributed by atoms with Crippen LogP contribution < -0.4 is 10.5 Å². The van der Waals surface area contributed by atoms with Crippen LogP contribution in [0.1, 0.15) is 27.4 Å². The monoisotopic (exact) mass is 472 g/mol. The molecule has 0 spiro atoms. The first-order valence-electron chi connectivity index (χ1n) is 10.3. The first-order chi connectivity index (χ1) is 15.5. The van der Waals surface area contributed by atoms with Crippen molar-refractivity contribution < 1.29 is 19.1 Å². The molecule has 1 aromatic carbocycles. The summed E-state index contributed by atoms with van der Waals surface area (Å²) in [5.74, 6) is 1.30. The number of carbonyl (C=O) groups excluding carboxylic acids is 2. The third-order valence-corrected chi connectivity index (χ3v) is 7.19. The molecule has 32 heavy (non-hydrogen) atoms. The van der Waals surface area contributed by atoms with E-state index in [2.05, 4.69) is 10.2 Å². The van der Waals surface area contributed by atoms with Crippen LogP contribution in [0.5, 0.6) is 5.75 Å². The molecular formula is C22H24N4O4S2. The average molecular weight is 473 g/mol. The van der Waals surface area contributed by atoms with Gasteiger partial charge in [-0.15, -0.1) is 21.5 Å². The third-order valence-electron chi connectivity index (χ3n) is 5.09. The number of methoxy groups -OCH3 is 1. The molecule has 1 fully saturated rings. The summed E-state index contributed by atoms with van der Waals surface area (Å²) in [5.41, 5.74) is 6.16. The second-order valence-electron chi connectivity index (χ2n) is 7.40. The highest BCUT2D eigenvalue weighted by atomic mass is 32.2. The molecule has 10 heteroatoms. The van der Waals surface area contributed by atoms with Gasteiger partial charge in [0, 0.05) is 17.0 Å². The molecule has 1 unspecified atom stereocenters. The number of nitrogens with zero attached hydrogens (tertiary/aromatic N) is 3. The van der Waals surface area contributed by atoms with Crippen molar-refractivity contribution in [3.05, 3.63) is 46.2 Å². The number of nitrogens with two attached hydrogens (primary N) is 1. The molecule has 1 amide bonds. The van der Waals surface area contributed by atoms with E-state index in [-0.39, 0.29) is 24.1 Å². The molecule has 0 bridgehead atoms. The quantitative estimate of drug-likeness (QED) is 0.356. The number of thiophene rings is 1. The zero-order valence-electron chi connectivity index (χ0n) is 17.7. The fourth-order valence-corrected chi connectivity index (χ4v) is 5.38. The van der Waals surface area contributed by atoms with Gasteiger partial charge >= 0.3 is 0 Å². The standard InChI is InChI=1S/C22H24N4O4S2/c1-29-15-6-4-14(5-7-15)21-24-25-22(26(21)12-16-3-2-10-30-16)31-13-18(27)19-9-8-17(32-19)11-20(23)28/h4-9,16H,2-3,10-13H2,1H3,(H2,23,28). The van der Waals surface area contributed by atoms with Crippen LogP contribution in [-0.2, 0) is 22.5 Å². The van der Waals surface area contributed by atoms with Crippen LogP contribution in [0.15, 0.2) is 41.6 Å². The predicted octanol–water partition coefficient (Wildman–Crippen LogP) is 3.20. The van der Waals surface area contributed by atoms with Gasteiger partial charge in [-0.05, 0) is 49.2 Å². The Morgan fingerprint density at radius 1 is 1.25 bits per heavy atom. The highest BCUT2D eigenvalue weighted by molar-refractivity contribution is 7.99. The Morgan fingerprint density at radius 3 is 2.75 bits per heavy atom. The van der Waals surface area contributed by atoms with Gasteiger partial charge in [-0.2, -0.15) is 0 Å². The molecule has 0 aliphatic carbocycles. The lowest BCUT2D eigenvalue weighted by atomic mass is 10.2. The first-order valence-corrected chi connectivity index (χ1v) is 12.1. The van der Waals surface area contributed by atoms with E-state index in [1.807, 2.05) is 28.8 Å². The molecule has 3 heterocycles. The molecule has 4 rings (SSSR count). The van der Waals surface area contributed by atoms with Crippen molar-refractivity contribution in [2.45, 2.75) is 37.1 Å². The fourth-order valence-electron chi connectivity index (χ4n) is 3.50. The van der Waals surface area contributed by atoms with E-state index in [9.17, 15) is 9.59 Å². The van der Waals surface area contributed by atoms with E-state index in [4.69, 9.17) is 15.2 Å². The molecule has 1 aliphatic heterocycles. The zero-order valence-corrected chi connectivity index (χ0v) is 19.3. The lowest BCUT2D eigenvalue weighted by molar-refractivity contribution is -0.117. The second kappa shape index (κ2) is 10.3. The third kappa shape index (κ3) is 5.37. The van der Waals surface area contributed by atoms with E-state index in [0.717, 1.165) is 41.5 Å². The number of primary amides is 1. The number of amides is 1. The van der Waals surface area contributed by atoms with Crippen molar-refractivity contribution in [3.8, 4) is 17.1 Å². The van der Waals surface area contributed by atoms with Crippen molar-refractivity contribution >= 4 is 34.8 Å². The molecule has 0 saturated carbocycles. The number of Topliss-reactive ketones (excluding diaryl/α,β-unsaturated/α-hetero) is 1. The highest BCUT2D eigenvalue weighted by Gasteiger charge is 2.22. The largest absolute Gasteiger partial charge is 0.497 e. The minimum atomic E-state index is -0.409. The molecule has 0 radical (unpaired) electrons. The molecule has 1 atom stereocenters. The maximum atomic E-state index is 12.7. The van der Waals surface area contributed by atoms with E-state index < -0.39 is 5.91 Å². The lowest BCUT2D eigenvalue weighted by Gasteiger charge is -2.14. The number of ether oxygens (including phenoxy) is 2. The van der Waals surface area contributed by atoms with Crippen molar-refractivity contribution in [1.29, 1.82) is 0 Å². The molecule has 2 N–H and O–H groups in total. The zero-order chi connectivity index (χ0) is 22.5. The summed E-state index contributed by atoms with van der Waals surface area (Å²) in [4.78, 5) is 25.2. The molecular weight excluding hydrogens is 448 g/mol. The summed E-state index contributed by atoms with van der Waals surface area (Å²) in [5, 5.41) is 9.45. The summed E-state index contributed by atoms with van der Waals surface area (Å²) >= 11 is 2.66. The van der Waals surface area contributed by atoms with Crippen LogP contribution in [-0.4, -0.2) is 52.0 Å². The number of aromatic nitrogens is 3. The minimum Gasteiger partial charge on any atom is -0.497 e. The fraction of sp³-hybridized carbons (Fsp3) is 0.364. The summed E-state index contributed by atoms with van der Waals surface area (Å²) in [6, 6.07) is 11.2. The average Bonchev–Trinajstić information content (AvgIpc) is 3.54. The van der Waals surface area contributed by atoms with Crippen molar-refractivity contribution in [3.63, 3.8) is 0 Å². The van der Waals surface area contributed by atoms with E-state index in [1.54, 1.807) is 19.2 Å². The maximum Gasteiger partial charge on any atom is 0.222 e. The van der Waals surface area contributed by atoms with Crippen molar-refractivity contribution in [2.24, 2.45) is 5.73 Å². The van der Waals surface area contributed by atoms with E-state index >= 15 is 0 Å². The van der Waals surface area contributed by atoms with Gasteiger partial charge in [0.15, 0.2) is 16.8 Å². The number of rotatable bonds is 10. The van der Waals surface area contributed by atoms with Gasteiger partial charge in [0.2, 0.25) is 5.91 Å². The molecule has 3 aromatic rings. The molecule has 1 aliphatic rings. The Morgan fingerprint density at radius 2 is 2.06 bits per heavy atom. The van der Waals surface area contributed by atoms with Gasteiger partial charge in [-0.3, -0.25) is 14.2 Å². The number of hydrogen-bond donors (Lipinski definition) is 1. The van der Waals surface area contributed by atoms with Crippen LogP contribution in [0, 0.1) is 0 Å². The Bertz CT molecular complexity index is 1090. The summed E-state index contributed by atoms with van der Waals surface area (Å²) in [7, 11) is 1.63. The molecule has 1 saturated heterocycles. The Labute approximate surface area is 194 Å². The van der Waals surface area contributed by atoms with Crippen LogP contribution in [0.3, 0.4) is 0 Å². The van der Waals surface area contributed by atoms with E-state index in [1.165, 1.54) is 23.1 Å². The smallest absolute Gasteiger partial charge is 0.222 e. The van der Waals surface area contributed by atoms with Gasteiger partial charge in [-0.1, -0.05) is 11.8 Å². The number of ketones is 1. The Hall–Kier alpha value is -2.69. The normalized spacial score (nSPS) is 15.7. The van der Waals surface area contributed by atoms with Gasteiger partial charge < -0.3 is 15.2 Å². The number of thioether (sulfide) groups is 1. The summed E-state index contributed by atoms with van der Waals surface area (Å²) in [6.07, 6.45) is 2.27. The van der Waals surface area contributed by atoms with Gasteiger partial charge in [0.25, 0.3) is 0 Å². The lowest BCUT2D eigenvalue weighted by Crippen LogP contribution is -2.17. The predicted molar refractivity (Wildman–Crippen MR) is 123 cm³/mol. The topological polar surface area (TPSA) is 109 Å². The SMILES string of the molecule is COc1ccc(-c2nnc(SCC(=O)c3ccc(CC(N)=O)s3)n2CC2CCCO2)cc1. The van der Waals surface area contributed by atoms with Gasteiger partial charge in [0.1, 0.15) is 5.75 Å². The number of hydrogen-bond acceptors (Lipinski definition) is 8. The minimum absolute atomic E-state index is 0.0200. The first kappa shape index (κ1) is 22.5.